The lowest BCUT2D eigenvalue weighted by Crippen LogP contribution is -2.23. The smallest absolute Gasteiger partial charge is 0.287 e. The van der Waals surface area contributed by atoms with Crippen molar-refractivity contribution >= 4 is 22.4 Å². The molecule has 0 bridgehead atoms. The van der Waals surface area contributed by atoms with Gasteiger partial charge in [-0.1, -0.05) is 11.3 Å². The Bertz CT molecular complexity index is 389. The van der Waals surface area contributed by atoms with E-state index in [1.165, 1.54) is 4.90 Å². The second-order valence-electron chi connectivity index (χ2n) is 3.04. The second kappa shape index (κ2) is 3.44. The molecule has 8 heteroatoms. The zero-order chi connectivity index (χ0) is 11.1. The average Bonchev–Trinajstić information content (AvgIpc) is 2.69. The van der Waals surface area contributed by atoms with E-state index in [1.54, 1.807) is 0 Å². The predicted octanol–water partition coefficient (Wildman–Crippen LogP) is 1.68. The molecule has 0 aromatic carbocycles. The Labute approximate surface area is 86.7 Å². The number of alkyl halides is 3. The minimum atomic E-state index is -4.49. The van der Waals surface area contributed by atoms with Crippen molar-refractivity contribution in [3.63, 3.8) is 0 Å². The molecule has 1 amide bonds. The fourth-order valence-electron chi connectivity index (χ4n) is 1.29. The van der Waals surface area contributed by atoms with E-state index < -0.39 is 11.2 Å². The summed E-state index contributed by atoms with van der Waals surface area (Å²) in [7, 11) is 0. The molecule has 82 valence electrons. The van der Waals surface area contributed by atoms with Crippen molar-refractivity contribution in [3.8, 4) is 0 Å². The zero-order valence-corrected chi connectivity index (χ0v) is 8.23. The highest BCUT2D eigenvalue weighted by Gasteiger charge is 2.37. The lowest BCUT2D eigenvalue weighted by Gasteiger charge is -2.09. The van der Waals surface area contributed by atoms with Crippen LogP contribution in [-0.4, -0.2) is 22.6 Å². The summed E-state index contributed by atoms with van der Waals surface area (Å²) in [6, 6.07) is 0. The molecule has 1 saturated heterocycles. The van der Waals surface area contributed by atoms with Crippen LogP contribution in [0.2, 0.25) is 0 Å². The number of halogens is 3. The first-order valence-corrected chi connectivity index (χ1v) is 5.01. The molecule has 1 aromatic heterocycles. The number of nitrogens with zero attached hydrogens (tertiary/aromatic N) is 3. The van der Waals surface area contributed by atoms with Crippen LogP contribution >= 0.6 is 11.3 Å². The molecule has 0 saturated carbocycles. The molecule has 1 aliphatic heterocycles. The fourth-order valence-corrected chi connectivity index (χ4v) is 2.04. The maximum atomic E-state index is 12.2. The third-order valence-corrected chi connectivity index (χ3v) is 2.95. The van der Waals surface area contributed by atoms with Crippen molar-refractivity contribution in [2.24, 2.45) is 0 Å². The Morgan fingerprint density at radius 2 is 2.07 bits per heavy atom. The van der Waals surface area contributed by atoms with Gasteiger partial charge in [-0.15, -0.1) is 10.2 Å². The van der Waals surface area contributed by atoms with E-state index in [2.05, 4.69) is 10.2 Å². The molecule has 0 atom stereocenters. The van der Waals surface area contributed by atoms with E-state index in [9.17, 15) is 18.0 Å². The van der Waals surface area contributed by atoms with E-state index >= 15 is 0 Å². The normalized spacial score (nSPS) is 17.5. The Hall–Kier alpha value is -1.18. The van der Waals surface area contributed by atoms with Crippen LogP contribution < -0.4 is 4.90 Å². The van der Waals surface area contributed by atoms with E-state index in [4.69, 9.17) is 0 Å². The first-order valence-electron chi connectivity index (χ1n) is 4.19. The summed E-state index contributed by atoms with van der Waals surface area (Å²) in [6.45, 7) is 0.422. The van der Waals surface area contributed by atoms with Crippen LogP contribution in [-0.2, 0) is 11.0 Å². The zero-order valence-electron chi connectivity index (χ0n) is 7.41. The quantitative estimate of drug-likeness (QED) is 0.746. The van der Waals surface area contributed by atoms with Crippen molar-refractivity contribution in [2.45, 2.75) is 19.0 Å². The van der Waals surface area contributed by atoms with Crippen molar-refractivity contribution in [3.05, 3.63) is 5.01 Å². The van der Waals surface area contributed by atoms with Gasteiger partial charge < -0.3 is 0 Å². The van der Waals surface area contributed by atoms with Crippen LogP contribution in [0.1, 0.15) is 17.8 Å². The van der Waals surface area contributed by atoms with Crippen molar-refractivity contribution in [1.82, 2.24) is 10.2 Å². The molecular weight excluding hydrogens is 231 g/mol. The van der Waals surface area contributed by atoms with Gasteiger partial charge in [0.05, 0.1) is 0 Å². The summed E-state index contributed by atoms with van der Waals surface area (Å²) < 4.78 is 36.6. The van der Waals surface area contributed by atoms with Gasteiger partial charge in [-0.05, 0) is 6.42 Å². The monoisotopic (exact) mass is 237 g/mol. The predicted molar refractivity (Wildman–Crippen MR) is 46.5 cm³/mol. The number of carbonyl (C=O) groups is 1. The van der Waals surface area contributed by atoms with Gasteiger partial charge in [0.2, 0.25) is 16.0 Å². The lowest BCUT2D eigenvalue weighted by molar-refractivity contribution is -0.138. The second-order valence-corrected chi connectivity index (χ2v) is 3.99. The van der Waals surface area contributed by atoms with Gasteiger partial charge in [-0.25, -0.2) is 0 Å². The standard InChI is InChI=1S/C7H6F3N3OS/c8-7(9,10)5-11-12-6(15-5)13-3-1-2-4(13)14/h1-3H2. The largest absolute Gasteiger partial charge is 0.445 e. The highest BCUT2D eigenvalue weighted by Crippen LogP contribution is 2.35. The Morgan fingerprint density at radius 1 is 1.33 bits per heavy atom. The highest BCUT2D eigenvalue weighted by molar-refractivity contribution is 7.15. The van der Waals surface area contributed by atoms with Gasteiger partial charge in [-0.2, -0.15) is 13.2 Å². The number of rotatable bonds is 1. The van der Waals surface area contributed by atoms with Crippen molar-refractivity contribution in [2.75, 3.05) is 11.4 Å². The summed E-state index contributed by atoms with van der Waals surface area (Å²) in [5.41, 5.74) is 0. The molecule has 0 aliphatic carbocycles. The molecular formula is C7H6F3N3OS. The highest BCUT2D eigenvalue weighted by atomic mass is 32.1. The van der Waals surface area contributed by atoms with Gasteiger partial charge >= 0.3 is 6.18 Å². The summed E-state index contributed by atoms with van der Waals surface area (Å²) in [5.74, 6) is -0.195. The molecule has 0 unspecified atom stereocenters. The first kappa shape index (κ1) is 10.3. The molecule has 2 heterocycles. The van der Waals surface area contributed by atoms with Crippen LogP contribution in [0.15, 0.2) is 0 Å². The van der Waals surface area contributed by atoms with Crippen LogP contribution in [0, 0.1) is 0 Å². The summed E-state index contributed by atoms with van der Waals surface area (Å²) >= 11 is 0.399. The van der Waals surface area contributed by atoms with Crippen LogP contribution in [0.5, 0.6) is 0 Å². The molecule has 4 nitrogen and oxygen atoms in total. The maximum absolute atomic E-state index is 12.2. The van der Waals surface area contributed by atoms with Crippen molar-refractivity contribution < 1.29 is 18.0 Å². The van der Waals surface area contributed by atoms with E-state index in [0.29, 0.717) is 30.7 Å². The average molecular weight is 237 g/mol. The van der Waals surface area contributed by atoms with Gasteiger partial charge in [0.15, 0.2) is 0 Å². The molecule has 1 aliphatic rings. The molecule has 15 heavy (non-hydrogen) atoms. The van der Waals surface area contributed by atoms with Crippen LogP contribution in [0.25, 0.3) is 0 Å². The third-order valence-electron chi connectivity index (χ3n) is 1.96. The van der Waals surface area contributed by atoms with E-state index in [-0.39, 0.29) is 11.0 Å². The number of aromatic nitrogens is 2. The lowest BCUT2D eigenvalue weighted by atomic mass is 10.4. The van der Waals surface area contributed by atoms with E-state index in [0.717, 1.165) is 0 Å². The minimum absolute atomic E-state index is 0.0322. The topological polar surface area (TPSA) is 46.1 Å². The molecule has 0 spiro atoms. The molecule has 0 radical (unpaired) electrons. The van der Waals surface area contributed by atoms with E-state index in [1.807, 2.05) is 0 Å². The fraction of sp³-hybridized carbons (Fsp3) is 0.571. The van der Waals surface area contributed by atoms with Crippen LogP contribution in [0.3, 0.4) is 0 Å². The maximum Gasteiger partial charge on any atom is 0.445 e. The van der Waals surface area contributed by atoms with Crippen molar-refractivity contribution in [1.29, 1.82) is 0 Å². The van der Waals surface area contributed by atoms with Gasteiger partial charge in [0, 0.05) is 13.0 Å². The SMILES string of the molecule is O=C1CCCN1c1nnc(C(F)(F)F)s1. The van der Waals surface area contributed by atoms with Crippen LogP contribution in [0.4, 0.5) is 18.3 Å². The number of carbonyl (C=O) groups excluding carboxylic acids is 1. The summed E-state index contributed by atoms with van der Waals surface area (Å²) in [6.07, 6.45) is -3.47. The molecule has 0 N–H and O–H groups in total. The Balaban J connectivity index is 2.24. The number of hydrogen-bond donors (Lipinski definition) is 0. The molecule has 1 fully saturated rings. The Kier molecular flexibility index (Phi) is 2.37. The number of anilines is 1. The Morgan fingerprint density at radius 3 is 2.53 bits per heavy atom. The summed E-state index contributed by atoms with van der Waals surface area (Å²) in [5, 5.41) is 5.40. The molecule has 1 aromatic rings. The first-order chi connectivity index (χ1) is 6.98. The minimum Gasteiger partial charge on any atom is -0.287 e. The summed E-state index contributed by atoms with van der Waals surface area (Å²) in [4.78, 5) is 12.5. The third kappa shape index (κ3) is 1.94. The van der Waals surface area contributed by atoms with Gasteiger partial charge in [-0.3, -0.25) is 9.69 Å². The molecule has 2 rings (SSSR count). The van der Waals surface area contributed by atoms with Gasteiger partial charge in [0.1, 0.15) is 0 Å². The number of hydrogen-bond acceptors (Lipinski definition) is 4. The van der Waals surface area contributed by atoms with Gasteiger partial charge in [0.25, 0.3) is 0 Å². The number of amides is 1.